The lowest BCUT2D eigenvalue weighted by molar-refractivity contribution is -0.120. The molecule has 0 saturated carbocycles. The number of nitrogens with zero attached hydrogens (tertiary/aromatic N) is 3. The molecule has 0 radical (unpaired) electrons. The summed E-state index contributed by atoms with van der Waals surface area (Å²) in [6, 6.07) is 1.56. The van der Waals surface area contributed by atoms with E-state index in [1.54, 1.807) is 6.07 Å². The van der Waals surface area contributed by atoms with E-state index >= 15 is 0 Å². The van der Waals surface area contributed by atoms with Gasteiger partial charge in [-0.1, -0.05) is 11.6 Å². The van der Waals surface area contributed by atoms with Gasteiger partial charge in [-0.2, -0.15) is 0 Å². The Kier molecular flexibility index (Phi) is 2.53. The quantitative estimate of drug-likeness (QED) is 0.766. The van der Waals surface area contributed by atoms with Gasteiger partial charge in [-0.3, -0.25) is 9.78 Å². The molecule has 2 aromatic rings. The van der Waals surface area contributed by atoms with Crippen LogP contribution in [0, 0.1) is 0 Å². The molecular formula is C14H9ClN4O3. The molecule has 1 amide bonds. The van der Waals surface area contributed by atoms with Crippen LogP contribution in [0.4, 0.5) is 5.82 Å². The number of hydrogen-bond acceptors (Lipinski definition) is 5. The monoisotopic (exact) mass is 316 g/mol. The molecule has 22 heavy (non-hydrogen) atoms. The lowest BCUT2D eigenvalue weighted by Gasteiger charge is -2.20. The van der Waals surface area contributed by atoms with Crippen molar-refractivity contribution in [2.45, 2.75) is 18.3 Å². The molecule has 0 bridgehead atoms. The van der Waals surface area contributed by atoms with Gasteiger partial charge in [0.2, 0.25) is 5.91 Å². The van der Waals surface area contributed by atoms with Crippen LogP contribution in [0.15, 0.2) is 18.6 Å². The van der Waals surface area contributed by atoms with Gasteiger partial charge in [0, 0.05) is 23.9 Å². The number of hydrogen-bond donors (Lipinski definition) is 2. The van der Waals surface area contributed by atoms with Crippen LogP contribution >= 0.6 is 11.6 Å². The van der Waals surface area contributed by atoms with Crippen LogP contribution in [-0.2, 0) is 23.1 Å². The van der Waals surface area contributed by atoms with E-state index in [9.17, 15) is 9.59 Å². The molecule has 1 atom stereocenters. The Morgan fingerprint density at radius 1 is 1.32 bits per heavy atom. The van der Waals surface area contributed by atoms with Gasteiger partial charge >= 0.3 is 5.97 Å². The van der Waals surface area contributed by atoms with Crippen LogP contribution in [-0.4, -0.2) is 31.9 Å². The molecule has 1 aliphatic heterocycles. The highest BCUT2D eigenvalue weighted by Gasteiger charge is 2.53. The van der Waals surface area contributed by atoms with Crippen molar-refractivity contribution in [1.29, 1.82) is 0 Å². The minimum Gasteiger partial charge on any atom is -0.478 e. The first-order valence-electron chi connectivity index (χ1n) is 6.55. The third-order valence-electron chi connectivity index (χ3n) is 4.21. The summed E-state index contributed by atoms with van der Waals surface area (Å²) < 4.78 is 0. The molecular weight excluding hydrogens is 308 g/mol. The van der Waals surface area contributed by atoms with E-state index in [0.29, 0.717) is 29.9 Å². The van der Waals surface area contributed by atoms with Gasteiger partial charge in [-0.05, 0) is 18.1 Å². The van der Waals surface area contributed by atoms with Crippen molar-refractivity contribution in [1.82, 2.24) is 15.0 Å². The zero-order valence-corrected chi connectivity index (χ0v) is 11.9. The number of amides is 1. The molecule has 8 heteroatoms. The summed E-state index contributed by atoms with van der Waals surface area (Å²) >= 11 is 6.17. The lowest BCUT2D eigenvalue weighted by atomic mass is 9.80. The summed E-state index contributed by atoms with van der Waals surface area (Å²) in [4.78, 5) is 35.8. The van der Waals surface area contributed by atoms with Gasteiger partial charge in [0.05, 0.1) is 11.0 Å². The van der Waals surface area contributed by atoms with Crippen molar-refractivity contribution in [3.8, 4) is 0 Å². The number of halogens is 1. The molecule has 0 saturated heterocycles. The van der Waals surface area contributed by atoms with Gasteiger partial charge in [0.25, 0.3) is 0 Å². The van der Waals surface area contributed by atoms with Crippen molar-refractivity contribution in [3.63, 3.8) is 0 Å². The Morgan fingerprint density at radius 2 is 2.14 bits per heavy atom. The van der Waals surface area contributed by atoms with E-state index in [-0.39, 0.29) is 16.6 Å². The molecule has 0 aromatic carbocycles. The van der Waals surface area contributed by atoms with Crippen molar-refractivity contribution in [3.05, 3.63) is 46.1 Å². The van der Waals surface area contributed by atoms with Gasteiger partial charge in [0.15, 0.2) is 0 Å². The van der Waals surface area contributed by atoms with E-state index in [1.165, 1.54) is 12.5 Å². The molecule has 4 rings (SSSR count). The second kappa shape index (κ2) is 4.23. The second-order valence-corrected chi connectivity index (χ2v) is 5.77. The topological polar surface area (TPSA) is 105 Å². The summed E-state index contributed by atoms with van der Waals surface area (Å²) in [5, 5.41) is 12.0. The highest BCUT2D eigenvalue weighted by Crippen LogP contribution is 2.48. The van der Waals surface area contributed by atoms with Crippen molar-refractivity contribution in [2.75, 3.05) is 5.32 Å². The second-order valence-electron chi connectivity index (χ2n) is 5.41. The molecule has 110 valence electrons. The summed E-state index contributed by atoms with van der Waals surface area (Å²) in [6.07, 6.45) is 3.29. The molecule has 2 N–H and O–H groups in total. The maximum Gasteiger partial charge on any atom is 0.337 e. The zero-order chi connectivity index (χ0) is 15.5. The van der Waals surface area contributed by atoms with Crippen LogP contribution in [0.1, 0.15) is 27.2 Å². The van der Waals surface area contributed by atoms with Crippen LogP contribution in [0.2, 0.25) is 5.15 Å². The lowest BCUT2D eigenvalue weighted by Crippen LogP contribution is -2.35. The number of carbonyl (C=O) groups excluding carboxylic acids is 1. The molecule has 2 aromatic heterocycles. The highest BCUT2D eigenvalue weighted by atomic mass is 35.5. The summed E-state index contributed by atoms with van der Waals surface area (Å²) in [6.45, 7) is 0. The molecule has 3 heterocycles. The van der Waals surface area contributed by atoms with Crippen molar-refractivity contribution < 1.29 is 14.7 Å². The largest absolute Gasteiger partial charge is 0.478 e. The number of fused-ring (bicyclic) bond motifs is 3. The fourth-order valence-electron chi connectivity index (χ4n) is 3.20. The number of aromatic nitrogens is 3. The standard InChI is InChI=1S/C14H9ClN4O3/c15-10-9-11(18-5-17-10)19-13(22)14(9)2-6-1-7(12(20)21)4-16-8(6)3-14/h1,4-5H,2-3H2,(H,20,21)(H,17,18,19,22)/t14-/m0/s1. The Bertz CT molecular complexity index is 854. The number of nitrogens with one attached hydrogen (secondary N) is 1. The minimum absolute atomic E-state index is 0.102. The number of carboxylic acid groups (broad SMARTS) is 1. The van der Waals surface area contributed by atoms with Crippen LogP contribution in [0.25, 0.3) is 0 Å². The Balaban J connectivity index is 1.86. The fourth-order valence-corrected chi connectivity index (χ4v) is 3.52. The minimum atomic E-state index is -1.05. The van der Waals surface area contributed by atoms with Crippen molar-refractivity contribution in [2.24, 2.45) is 0 Å². The van der Waals surface area contributed by atoms with Crippen LogP contribution in [0.3, 0.4) is 0 Å². The fraction of sp³-hybridized carbons (Fsp3) is 0.214. The van der Waals surface area contributed by atoms with Crippen LogP contribution < -0.4 is 5.32 Å². The van der Waals surface area contributed by atoms with E-state index in [2.05, 4.69) is 20.3 Å². The average Bonchev–Trinajstić information content (AvgIpc) is 2.98. The smallest absolute Gasteiger partial charge is 0.337 e. The van der Waals surface area contributed by atoms with E-state index in [0.717, 1.165) is 5.56 Å². The number of carboxylic acids is 1. The average molecular weight is 317 g/mol. The first-order chi connectivity index (χ1) is 10.5. The molecule has 2 aliphatic rings. The van der Waals surface area contributed by atoms with Gasteiger partial charge in [0.1, 0.15) is 17.3 Å². The predicted molar refractivity (Wildman–Crippen MR) is 76.0 cm³/mol. The predicted octanol–water partition coefficient (Wildman–Crippen LogP) is 1.21. The van der Waals surface area contributed by atoms with E-state index in [1.807, 2.05) is 0 Å². The summed E-state index contributed by atoms with van der Waals surface area (Å²) in [5.41, 5.74) is 1.21. The Hall–Kier alpha value is -2.54. The SMILES string of the molecule is O=C(O)c1cnc2c(c1)C[C@@]1(C2)C(=O)Nc2ncnc(Cl)c21. The maximum absolute atomic E-state index is 12.5. The molecule has 7 nitrogen and oxygen atoms in total. The first kappa shape index (κ1) is 13.1. The molecule has 0 unspecified atom stereocenters. The van der Waals surface area contributed by atoms with Crippen molar-refractivity contribution >= 4 is 29.3 Å². The number of aromatic carboxylic acids is 1. The van der Waals surface area contributed by atoms with Gasteiger partial charge < -0.3 is 10.4 Å². The van der Waals surface area contributed by atoms with Gasteiger partial charge in [-0.15, -0.1) is 0 Å². The number of carbonyl (C=O) groups is 2. The molecule has 1 spiro atoms. The third-order valence-corrected chi connectivity index (χ3v) is 4.50. The Labute approximate surface area is 129 Å². The van der Waals surface area contributed by atoms with Crippen LogP contribution in [0.5, 0.6) is 0 Å². The number of rotatable bonds is 1. The number of anilines is 1. The molecule has 1 aliphatic carbocycles. The third kappa shape index (κ3) is 1.59. The normalized spacial score (nSPS) is 21.6. The van der Waals surface area contributed by atoms with Gasteiger partial charge in [-0.25, -0.2) is 14.8 Å². The highest BCUT2D eigenvalue weighted by molar-refractivity contribution is 6.31. The summed E-state index contributed by atoms with van der Waals surface area (Å²) in [7, 11) is 0. The summed E-state index contributed by atoms with van der Waals surface area (Å²) in [5.74, 6) is -0.843. The zero-order valence-electron chi connectivity index (χ0n) is 11.1. The molecule has 0 fully saturated rings. The maximum atomic E-state index is 12.5. The number of pyridine rings is 1. The first-order valence-corrected chi connectivity index (χ1v) is 6.92. The van der Waals surface area contributed by atoms with E-state index in [4.69, 9.17) is 16.7 Å². The Morgan fingerprint density at radius 3 is 2.91 bits per heavy atom. The van der Waals surface area contributed by atoms with E-state index < -0.39 is 11.4 Å².